The van der Waals surface area contributed by atoms with Gasteiger partial charge in [-0.05, 0) is 34.6 Å². The fourth-order valence-corrected chi connectivity index (χ4v) is 1.25. The molecule has 12 nitrogen and oxygen atoms in total. The van der Waals surface area contributed by atoms with Gasteiger partial charge in [-0.15, -0.1) is 0 Å². The van der Waals surface area contributed by atoms with E-state index in [0.717, 1.165) is 0 Å². The second kappa shape index (κ2) is 62.1. The van der Waals surface area contributed by atoms with E-state index in [0.29, 0.717) is 26.2 Å². The molecule has 1 atom stereocenters. The summed E-state index contributed by atoms with van der Waals surface area (Å²) in [4.78, 5) is 70.4. The quantitative estimate of drug-likeness (QED) is 0.136. The van der Waals surface area contributed by atoms with Crippen molar-refractivity contribution in [2.75, 3.05) is 26.9 Å². The Balaban J connectivity index is -0.0000000336. The zero-order valence-electron chi connectivity index (χ0n) is 32.9. The minimum absolute atomic E-state index is 0. The summed E-state index contributed by atoms with van der Waals surface area (Å²) in [6.45, 7) is 29.3. The second-order valence-corrected chi connectivity index (χ2v) is 9.99. The number of methoxy groups -OCH3 is 1. The van der Waals surface area contributed by atoms with Crippen LogP contribution in [0.3, 0.4) is 0 Å². The van der Waals surface area contributed by atoms with Crippen LogP contribution in [0.5, 0.6) is 0 Å². The van der Waals surface area contributed by atoms with Crippen molar-refractivity contribution in [2.45, 2.75) is 146 Å². The number of esters is 4. The zero-order chi connectivity index (χ0) is 37.7. The number of ketones is 2. The Morgan fingerprint density at radius 1 is 0.600 bits per heavy atom. The Kier molecular flexibility index (Phi) is 102. The van der Waals surface area contributed by atoms with Crippen molar-refractivity contribution in [1.29, 1.82) is 0 Å². The van der Waals surface area contributed by atoms with Gasteiger partial charge < -0.3 is 36.9 Å². The van der Waals surface area contributed by atoms with Crippen LogP contribution in [-0.4, -0.2) is 74.7 Å². The maximum atomic E-state index is 10.5. The Hall–Kier alpha value is -2.05. The smallest absolute Gasteiger partial charge is 0.308 e. The van der Waals surface area contributed by atoms with Gasteiger partial charge in [0.05, 0.1) is 50.7 Å². The summed E-state index contributed by atoms with van der Waals surface area (Å²) in [5, 5.41) is 0. The predicted octanol–water partition coefficient (Wildman–Crippen LogP) is 7.81. The third-order valence-electron chi connectivity index (χ3n) is 4.23. The maximum absolute atomic E-state index is 10.5. The molecule has 13 heteroatoms. The summed E-state index contributed by atoms with van der Waals surface area (Å²) in [7, 11) is 1.35. The molecule has 0 bridgehead atoms. The van der Waals surface area contributed by atoms with Crippen LogP contribution in [0.25, 0.3) is 0 Å². The normalized spacial score (nSPS) is 8.52. The molecule has 0 fully saturated rings. The van der Waals surface area contributed by atoms with E-state index in [-0.39, 0.29) is 128 Å². The Bertz CT molecular complexity index is 701. The standard InChI is InChI=1S/3C6H12O2.C5H11NO.C5H10O.C3H6O2.C2H3O.3CH4.CH3.Y/c3*1-4-8-6(7)5(2)3;1-3-5(7)4(2)6;1-4(2)5(3)6;1-3(4)5-2;1-2-3;;;;;/h3*5H,4H2,1-3H3;4H,3,6H2,1-2H3;4H,1-3H3;1-2H3;1H3;3*1H4;1H3;/q;;;;;;-1;;;;-1;. The third kappa shape index (κ3) is 96.9. The van der Waals surface area contributed by atoms with Crippen LogP contribution >= 0.6 is 0 Å². The summed E-state index contributed by atoms with van der Waals surface area (Å²) < 4.78 is 18.1. The van der Waals surface area contributed by atoms with Crippen LogP contribution < -0.4 is 5.73 Å². The number of rotatable bonds is 9. The molecule has 50 heavy (non-hydrogen) atoms. The van der Waals surface area contributed by atoms with Gasteiger partial charge in [0.2, 0.25) is 0 Å². The first kappa shape index (κ1) is 81.8. The summed E-state index contributed by atoms with van der Waals surface area (Å²) in [5.74, 6) is 0.0253. The average molecular weight is 805 g/mol. The van der Waals surface area contributed by atoms with Gasteiger partial charge in [0, 0.05) is 52.0 Å². The van der Waals surface area contributed by atoms with Crippen molar-refractivity contribution in [1.82, 2.24) is 0 Å². The van der Waals surface area contributed by atoms with E-state index in [2.05, 4.69) is 18.9 Å². The minimum atomic E-state index is -0.273. The third-order valence-corrected chi connectivity index (χ3v) is 4.23. The first-order chi connectivity index (χ1) is 20.5. The van der Waals surface area contributed by atoms with Gasteiger partial charge in [0.25, 0.3) is 0 Å². The van der Waals surface area contributed by atoms with E-state index in [1.165, 1.54) is 27.2 Å². The molecule has 2 N–H and O–H groups in total. The van der Waals surface area contributed by atoms with Gasteiger partial charge in [-0.2, -0.15) is 6.92 Å². The molecule has 0 spiro atoms. The van der Waals surface area contributed by atoms with Crippen molar-refractivity contribution in [2.24, 2.45) is 29.4 Å². The van der Waals surface area contributed by atoms with E-state index in [1.807, 2.05) is 62.3 Å². The van der Waals surface area contributed by atoms with E-state index >= 15 is 0 Å². The topological polar surface area (TPSA) is 182 Å². The molecule has 0 heterocycles. The molecular formula is C37H81NO11Y-2. The minimum Gasteiger partial charge on any atom is -0.542 e. The van der Waals surface area contributed by atoms with Crippen molar-refractivity contribution in [3.63, 3.8) is 0 Å². The number of nitrogens with two attached hydrogens (primary N) is 1. The van der Waals surface area contributed by atoms with Gasteiger partial charge in [-0.1, -0.05) is 84.6 Å². The van der Waals surface area contributed by atoms with E-state index in [4.69, 9.17) is 10.5 Å². The SMILES string of the molecule is C.C.C.CC(=O)C(C)C.CCC(=O)C(C)N.CCOC(=O)C(C)C.CCOC(=O)C(C)C.CCOC(=O)C(C)C.COC(C)=O.C[C-]=O.[CH3-].[Y]. The molecule has 0 aliphatic heterocycles. The van der Waals surface area contributed by atoms with Gasteiger partial charge in [-0.3, -0.25) is 35.1 Å². The van der Waals surface area contributed by atoms with Crippen molar-refractivity contribution in [3.8, 4) is 0 Å². The number of hydrogen-bond donors (Lipinski definition) is 1. The van der Waals surface area contributed by atoms with Crippen LogP contribution in [0, 0.1) is 31.1 Å². The Labute approximate surface area is 334 Å². The molecule has 0 aliphatic carbocycles. The first-order valence-electron chi connectivity index (χ1n) is 15.2. The molecule has 1 unspecified atom stereocenters. The van der Waals surface area contributed by atoms with E-state index < -0.39 is 0 Å². The maximum Gasteiger partial charge on any atom is 0.308 e. The van der Waals surface area contributed by atoms with E-state index in [1.54, 1.807) is 34.6 Å². The number of carbonyl (C=O) groups is 6. The Morgan fingerprint density at radius 2 is 0.780 bits per heavy atom. The summed E-state index contributed by atoms with van der Waals surface area (Å²) in [6, 6.07) is -0.273. The molecular weight excluding hydrogens is 723 g/mol. The summed E-state index contributed by atoms with van der Waals surface area (Å²) in [6.07, 6.45) is 2.05. The van der Waals surface area contributed by atoms with Gasteiger partial charge in [-0.25, -0.2) is 0 Å². The van der Waals surface area contributed by atoms with Gasteiger partial charge >= 0.3 is 23.9 Å². The molecule has 0 saturated heterocycles. The molecule has 0 aliphatic rings. The van der Waals surface area contributed by atoms with Crippen molar-refractivity contribution >= 4 is 41.7 Å². The van der Waals surface area contributed by atoms with Crippen LogP contribution in [-0.2, 0) is 85.2 Å². The van der Waals surface area contributed by atoms with Crippen molar-refractivity contribution in [3.05, 3.63) is 7.43 Å². The molecule has 0 aromatic heterocycles. The monoisotopic (exact) mass is 804 g/mol. The zero-order valence-corrected chi connectivity index (χ0v) is 35.7. The number of carbonyl (C=O) groups excluding carboxylic acids is 7. The molecule has 0 rings (SSSR count). The molecule has 0 aromatic rings. The molecule has 305 valence electrons. The number of ether oxygens (including phenoxy) is 4. The molecule has 0 aromatic carbocycles. The Morgan fingerprint density at radius 3 is 0.800 bits per heavy atom. The van der Waals surface area contributed by atoms with Gasteiger partial charge in [0.15, 0.2) is 0 Å². The number of hydrogen-bond acceptors (Lipinski definition) is 12. The van der Waals surface area contributed by atoms with Crippen molar-refractivity contribution < 1.29 is 85.2 Å². The molecule has 1 radical (unpaired) electrons. The predicted molar refractivity (Wildman–Crippen MR) is 205 cm³/mol. The fourth-order valence-electron chi connectivity index (χ4n) is 1.25. The van der Waals surface area contributed by atoms with Crippen LogP contribution in [0.15, 0.2) is 0 Å². The van der Waals surface area contributed by atoms with Crippen LogP contribution in [0.2, 0.25) is 0 Å². The van der Waals surface area contributed by atoms with Crippen LogP contribution in [0.1, 0.15) is 139 Å². The molecule has 0 amide bonds. The largest absolute Gasteiger partial charge is 0.542 e. The van der Waals surface area contributed by atoms with E-state index in [9.17, 15) is 28.8 Å². The number of Topliss-reactive ketones (excluding diaryl/α,β-unsaturated/α-hetero) is 2. The average Bonchev–Trinajstić information content (AvgIpc) is 2.94. The van der Waals surface area contributed by atoms with Gasteiger partial charge in [0.1, 0.15) is 11.6 Å². The second-order valence-electron chi connectivity index (χ2n) is 9.99. The summed E-state index contributed by atoms with van der Waals surface area (Å²) >= 11 is 0. The van der Waals surface area contributed by atoms with Crippen LogP contribution in [0.4, 0.5) is 0 Å². The first-order valence-corrected chi connectivity index (χ1v) is 15.2. The summed E-state index contributed by atoms with van der Waals surface area (Å²) in [5.41, 5.74) is 5.20. The fraction of sp³-hybridized carbons (Fsp3) is 0.784. The molecule has 0 saturated carbocycles.